The number of nitrogens with zero attached hydrogens (tertiary/aromatic N) is 3. The second kappa shape index (κ2) is 4.28. The molecule has 1 aliphatic rings. The molecule has 2 heterocycles. The highest BCUT2D eigenvalue weighted by Crippen LogP contribution is 2.40. The fourth-order valence-electron chi connectivity index (χ4n) is 2.18. The van der Waals surface area contributed by atoms with Crippen LogP contribution in [-0.4, -0.2) is 15.2 Å². The van der Waals surface area contributed by atoms with Crippen LogP contribution in [0.1, 0.15) is 23.8 Å². The van der Waals surface area contributed by atoms with Gasteiger partial charge in [-0.15, -0.1) is 11.3 Å². The van der Waals surface area contributed by atoms with Gasteiger partial charge in [0.2, 0.25) is 0 Å². The van der Waals surface area contributed by atoms with Crippen molar-refractivity contribution in [2.75, 3.05) is 0 Å². The molecule has 1 aliphatic carbocycles. The summed E-state index contributed by atoms with van der Waals surface area (Å²) in [6, 6.07) is 2.24. The smallest absolute Gasteiger partial charge is 0.128 e. The van der Waals surface area contributed by atoms with E-state index in [1.54, 1.807) is 17.7 Å². The van der Waals surface area contributed by atoms with Crippen LogP contribution in [0.4, 0.5) is 0 Å². The van der Waals surface area contributed by atoms with E-state index in [9.17, 15) is 0 Å². The largest absolute Gasteiger partial charge is 0.229 e. The van der Waals surface area contributed by atoms with Crippen LogP contribution in [0.2, 0.25) is 0 Å². The van der Waals surface area contributed by atoms with Crippen molar-refractivity contribution in [2.45, 2.75) is 36.5 Å². The van der Waals surface area contributed by atoms with Gasteiger partial charge in [0.05, 0.1) is 11.3 Å². The van der Waals surface area contributed by atoms with E-state index in [2.05, 4.69) is 16.0 Å². The Morgan fingerprint density at radius 1 is 1.47 bits per heavy atom. The molecule has 1 atom stereocenters. The van der Waals surface area contributed by atoms with Gasteiger partial charge in [0.15, 0.2) is 0 Å². The van der Waals surface area contributed by atoms with Crippen molar-refractivity contribution in [3.8, 4) is 6.07 Å². The monoisotopic (exact) mass is 261 g/mol. The lowest BCUT2D eigenvalue weighted by atomic mass is 10.2. The van der Waals surface area contributed by atoms with Crippen LogP contribution in [0.5, 0.6) is 0 Å². The molecule has 0 aromatic carbocycles. The summed E-state index contributed by atoms with van der Waals surface area (Å²) in [5.74, 6) is 0. The highest BCUT2D eigenvalue weighted by molar-refractivity contribution is 8.00. The molecule has 3 rings (SSSR count). The fourth-order valence-corrected chi connectivity index (χ4v) is 4.31. The minimum Gasteiger partial charge on any atom is -0.229 e. The third-order valence-electron chi connectivity index (χ3n) is 2.94. The first-order valence-corrected chi connectivity index (χ1v) is 7.30. The Labute approximate surface area is 108 Å². The van der Waals surface area contributed by atoms with Crippen molar-refractivity contribution in [3.05, 3.63) is 16.8 Å². The molecule has 17 heavy (non-hydrogen) atoms. The Bertz CT molecular complexity index is 612. The van der Waals surface area contributed by atoms with Crippen LogP contribution in [0.3, 0.4) is 0 Å². The van der Waals surface area contributed by atoms with Crippen LogP contribution in [0.25, 0.3) is 10.2 Å². The van der Waals surface area contributed by atoms with E-state index in [0.717, 1.165) is 16.3 Å². The van der Waals surface area contributed by atoms with E-state index in [1.807, 2.05) is 6.92 Å². The lowest BCUT2D eigenvalue weighted by Crippen LogP contribution is -1.93. The number of fused-ring (bicyclic) bond motifs is 3. The van der Waals surface area contributed by atoms with Gasteiger partial charge < -0.3 is 0 Å². The van der Waals surface area contributed by atoms with Crippen molar-refractivity contribution >= 4 is 33.3 Å². The van der Waals surface area contributed by atoms with Crippen LogP contribution in [-0.2, 0) is 12.8 Å². The summed E-state index contributed by atoms with van der Waals surface area (Å²) in [5, 5.41) is 11.0. The Balaban J connectivity index is 2.15. The molecular formula is C12H11N3S2. The fraction of sp³-hybridized carbons (Fsp3) is 0.417. The summed E-state index contributed by atoms with van der Waals surface area (Å²) in [5.41, 5.74) is 1.43. The average Bonchev–Trinajstić information content (AvgIpc) is 2.88. The average molecular weight is 261 g/mol. The van der Waals surface area contributed by atoms with Crippen molar-refractivity contribution in [3.63, 3.8) is 0 Å². The maximum absolute atomic E-state index is 8.90. The third kappa shape index (κ3) is 1.81. The summed E-state index contributed by atoms with van der Waals surface area (Å²) in [6.07, 6.45) is 5.16. The molecule has 0 saturated heterocycles. The zero-order chi connectivity index (χ0) is 11.8. The second-order valence-electron chi connectivity index (χ2n) is 4.11. The Kier molecular flexibility index (Phi) is 2.77. The van der Waals surface area contributed by atoms with Gasteiger partial charge in [-0.25, -0.2) is 9.97 Å². The molecule has 0 bridgehead atoms. The first-order valence-electron chi connectivity index (χ1n) is 5.61. The van der Waals surface area contributed by atoms with Gasteiger partial charge in [-0.3, -0.25) is 0 Å². The van der Waals surface area contributed by atoms with Gasteiger partial charge in [0, 0.05) is 10.3 Å². The molecule has 0 saturated carbocycles. The van der Waals surface area contributed by atoms with Gasteiger partial charge in [-0.1, -0.05) is 11.8 Å². The summed E-state index contributed by atoms with van der Waals surface area (Å²) >= 11 is 3.33. The van der Waals surface area contributed by atoms with Gasteiger partial charge in [-0.05, 0) is 31.7 Å². The maximum Gasteiger partial charge on any atom is 0.128 e. The van der Waals surface area contributed by atoms with Crippen LogP contribution < -0.4 is 0 Å². The highest BCUT2D eigenvalue weighted by Gasteiger charge is 2.21. The number of thioether (sulfide) groups is 1. The highest BCUT2D eigenvalue weighted by atomic mass is 32.2. The Morgan fingerprint density at radius 2 is 2.35 bits per heavy atom. The molecule has 2 aromatic heterocycles. The molecule has 0 spiro atoms. The molecule has 0 aliphatic heterocycles. The summed E-state index contributed by atoms with van der Waals surface area (Å²) < 4.78 is 0. The number of aryl methyl sites for hydroxylation is 2. The quantitative estimate of drug-likeness (QED) is 0.615. The first kappa shape index (κ1) is 11.0. The number of aromatic nitrogens is 2. The Hall–Kier alpha value is -1.12. The molecule has 0 N–H and O–H groups in total. The standard InChI is InChI=1S/C12H11N3S2/c1-7(5-13)16-11-10-8-3-2-4-9(8)17-12(10)15-6-14-11/h6-7H,2-4H2,1H3/t7-/m1/s1. The summed E-state index contributed by atoms with van der Waals surface area (Å²) in [7, 11) is 0. The normalized spacial score (nSPS) is 15.8. The van der Waals surface area contributed by atoms with E-state index in [-0.39, 0.29) is 5.25 Å². The van der Waals surface area contributed by atoms with Crippen LogP contribution >= 0.6 is 23.1 Å². The number of thiophene rings is 1. The molecule has 0 radical (unpaired) electrons. The molecular weight excluding hydrogens is 250 g/mol. The molecule has 3 nitrogen and oxygen atoms in total. The summed E-state index contributed by atoms with van der Waals surface area (Å²) in [4.78, 5) is 11.2. The predicted molar refractivity (Wildman–Crippen MR) is 70.4 cm³/mol. The van der Waals surface area contributed by atoms with E-state index in [1.165, 1.54) is 40.4 Å². The van der Waals surface area contributed by atoms with Crippen LogP contribution in [0, 0.1) is 11.3 Å². The predicted octanol–water partition coefficient (Wildman–Crippen LogP) is 3.18. The molecule has 86 valence electrons. The number of rotatable bonds is 2. The summed E-state index contributed by atoms with van der Waals surface area (Å²) in [6.45, 7) is 1.91. The van der Waals surface area contributed by atoms with Gasteiger partial charge in [0.1, 0.15) is 16.2 Å². The molecule has 2 aromatic rings. The van der Waals surface area contributed by atoms with Crippen molar-refractivity contribution < 1.29 is 0 Å². The van der Waals surface area contributed by atoms with Gasteiger partial charge >= 0.3 is 0 Å². The van der Waals surface area contributed by atoms with E-state index < -0.39 is 0 Å². The van der Waals surface area contributed by atoms with Gasteiger partial charge in [-0.2, -0.15) is 5.26 Å². The van der Waals surface area contributed by atoms with E-state index in [0.29, 0.717) is 0 Å². The maximum atomic E-state index is 8.90. The van der Waals surface area contributed by atoms with Crippen molar-refractivity contribution in [1.29, 1.82) is 5.26 Å². The van der Waals surface area contributed by atoms with Crippen molar-refractivity contribution in [1.82, 2.24) is 9.97 Å². The lowest BCUT2D eigenvalue weighted by Gasteiger charge is -2.04. The minimum absolute atomic E-state index is 0.0648. The zero-order valence-corrected chi connectivity index (χ0v) is 11.1. The zero-order valence-electron chi connectivity index (χ0n) is 9.43. The molecule has 0 fully saturated rings. The molecule has 5 heteroatoms. The number of hydrogen-bond donors (Lipinski definition) is 0. The van der Waals surface area contributed by atoms with Gasteiger partial charge in [0.25, 0.3) is 0 Å². The van der Waals surface area contributed by atoms with Crippen molar-refractivity contribution in [2.24, 2.45) is 0 Å². The topological polar surface area (TPSA) is 49.6 Å². The minimum atomic E-state index is -0.0648. The van der Waals surface area contributed by atoms with E-state index in [4.69, 9.17) is 5.26 Å². The number of nitriles is 1. The second-order valence-corrected chi connectivity index (χ2v) is 6.52. The SMILES string of the molecule is C[C@H](C#N)Sc1ncnc2sc3c(c12)CCC3. The Morgan fingerprint density at radius 3 is 3.18 bits per heavy atom. The first-order chi connectivity index (χ1) is 8.29. The lowest BCUT2D eigenvalue weighted by molar-refractivity contribution is 0.915. The van der Waals surface area contributed by atoms with E-state index >= 15 is 0 Å². The number of hydrogen-bond acceptors (Lipinski definition) is 5. The molecule has 0 unspecified atom stereocenters. The third-order valence-corrected chi connectivity index (χ3v) is 5.13. The van der Waals surface area contributed by atoms with Crippen LogP contribution in [0.15, 0.2) is 11.4 Å². The molecule has 0 amide bonds.